The molecule has 0 spiro atoms. The summed E-state index contributed by atoms with van der Waals surface area (Å²) in [5, 5.41) is 11.1. The zero-order valence-corrected chi connectivity index (χ0v) is 16.5. The van der Waals surface area contributed by atoms with E-state index in [0.717, 1.165) is 32.1 Å². The average Bonchev–Trinajstić information content (AvgIpc) is 2.99. The molecular formula is C19H22IN5O. The van der Waals surface area contributed by atoms with Crippen LogP contribution in [0.5, 0.6) is 0 Å². The molecule has 26 heavy (non-hydrogen) atoms. The van der Waals surface area contributed by atoms with Crippen molar-refractivity contribution in [3.05, 3.63) is 44.5 Å². The van der Waals surface area contributed by atoms with Crippen molar-refractivity contribution in [2.75, 3.05) is 0 Å². The molecule has 0 radical (unpaired) electrons. The summed E-state index contributed by atoms with van der Waals surface area (Å²) >= 11 is 2.39. The second-order valence-corrected chi connectivity index (χ2v) is 8.86. The van der Waals surface area contributed by atoms with Gasteiger partial charge >= 0.3 is 0 Å². The number of nitrogens with one attached hydrogen (secondary N) is 3. The number of aryl methyl sites for hydroxylation is 1. The molecule has 3 aliphatic rings. The number of hydrogen-bond acceptors (Lipinski definition) is 5. The highest BCUT2D eigenvalue weighted by Crippen LogP contribution is 2.62. The zero-order valence-electron chi connectivity index (χ0n) is 14.4. The van der Waals surface area contributed by atoms with Crippen LogP contribution in [0.3, 0.4) is 0 Å². The van der Waals surface area contributed by atoms with E-state index in [1.807, 2.05) is 12.1 Å². The van der Waals surface area contributed by atoms with E-state index in [1.165, 1.54) is 14.7 Å². The van der Waals surface area contributed by atoms with E-state index >= 15 is 0 Å². The molecule has 2 unspecified atom stereocenters. The van der Waals surface area contributed by atoms with E-state index in [9.17, 15) is 4.79 Å². The van der Waals surface area contributed by atoms with Crippen molar-refractivity contribution < 1.29 is 4.79 Å². The monoisotopic (exact) mass is 463 g/mol. The fourth-order valence-electron chi connectivity index (χ4n) is 5.48. The van der Waals surface area contributed by atoms with Gasteiger partial charge < -0.3 is 11.1 Å². The summed E-state index contributed by atoms with van der Waals surface area (Å²) in [6.07, 6.45) is 8.48. The Balaban J connectivity index is 1.71. The number of nitrogens with two attached hydrogens (primary N) is 1. The first-order chi connectivity index (χ1) is 12.5. The Morgan fingerprint density at radius 2 is 2.23 bits per heavy atom. The molecule has 1 saturated carbocycles. The van der Waals surface area contributed by atoms with Gasteiger partial charge in [0.1, 0.15) is 0 Å². The van der Waals surface area contributed by atoms with Crippen LogP contribution in [0.15, 0.2) is 33.1 Å². The Morgan fingerprint density at radius 1 is 1.42 bits per heavy atom. The minimum absolute atomic E-state index is 0.182. The standard InChI is InChI=1S/C19H22IN5O/c20-16-4-3-15-18(16,10-21)7-6-14-13-2-1-12(17(26)24-25-23)9-11(13)5-8-19(14,15)22/h1-2,4,9-10,14-15,21H,3,5-8,22H2,(H2,23,24,26)/t14?,15?,18-,19+/m1/s1. The second kappa shape index (κ2) is 6.23. The van der Waals surface area contributed by atoms with E-state index in [1.54, 1.807) is 12.3 Å². The highest BCUT2D eigenvalue weighted by atomic mass is 127. The molecule has 1 aromatic carbocycles. The fourth-order valence-corrected chi connectivity index (χ4v) is 6.54. The van der Waals surface area contributed by atoms with Gasteiger partial charge in [-0.05, 0) is 87.5 Å². The van der Waals surface area contributed by atoms with Gasteiger partial charge in [0, 0.05) is 28.6 Å². The lowest BCUT2D eigenvalue weighted by Gasteiger charge is -2.56. The van der Waals surface area contributed by atoms with Gasteiger partial charge in [0.25, 0.3) is 5.91 Å². The van der Waals surface area contributed by atoms with E-state index in [4.69, 9.17) is 16.7 Å². The highest BCUT2D eigenvalue weighted by molar-refractivity contribution is 14.1. The lowest BCUT2D eigenvalue weighted by molar-refractivity contribution is 0.0830. The molecule has 5 N–H and O–H groups in total. The Kier molecular flexibility index (Phi) is 4.26. The second-order valence-electron chi connectivity index (χ2n) is 7.70. The van der Waals surface area contributed by atoms with Crippen LogP contribution < -0.4 is 11.2 Å². The smallest absolute Gasteiger partial charge is 0.272 e. The molecule has 136 valence electrons. The van der Waals surface area contributed by atoms with E-state index in [0.29, 0.717) is 5.56 Å². The van der Waals surface area contributed by atoms with Crippen molar-refractivity contribution in [2.24, 2.45) is 22.3 Å². The number of nitrogens with zero attached hydrogens (tertiary/aromatic N) is 1. The maximum Gasteiger partial charge on any atom is 0.272 e. The molecule has 0 heterocycles. The molecule has 3 aliphatic carbocycles. The largest absolute Gasteiger partial charge is 0.324 e. The quantitative estimate of drug-likeness (QED) is 0.236. The number of halogens is 1. The minimum Gasteiger partial charge on any atom is -0.324 e. The fraction of sp³-hybridized carbons (Fsp3) is 0.474. The Morgan fingerprint density at radius 3 is 2.96 bits per heavy atom. The summed E-state index contributed by atoms with van der Waals surface area (Å²) in [5.74, 6) is 0.183. The first-order valence-electron chi connectivity index (χ1n) is 8.92. The molecule has 1 amide bonds. The summed E-state index contributed by atoms with van der Waals surface area (Å²) in [6, 6.07) is 5.76. The molecule has 4 rings (SSSR count). The number of fused-ring (bicyclic) bond motifs is 5. The van der Waals surface area contributed by atoms with Gasteiger partial charge in [0.15, 0.2) is 0 Å². The van der Waals surface area contributed by atoms with Gasteiger partial charge in [-0.15, -0.1) is 0 Å². The summed E-state index contributed by atoms with van der Waals surface area (Å²) in [4.78, 5) is 12.0. The van der Waals surface area contributed by atoms with Gasteiger partial charge in [-0.3, -0.25) is 4.79 Å². The predicted octanol–water partition coefficient (Wildman–Crippen LogP) is 3.86. The van der Waals surface area contributed by atoms with Crippen LogP contribution in [0.4, 0.5) is 0 Å². The number of carbonyl (C=O) groups is 1. The van der Waals surface area contributed by atoms with Gasteiger partial charge in [-0.2, -0.15) is 5.53 Å². The van der Waals surface area contributed by atoms with Crippen molar-refractivity contribution in [3.63, 3.8) is 0 Å². The minimum atomic E-state index is -0.353. The van der Waals surface area contributed by atoms with Crippen LogP contribution in [-0.4, -0.2) is 17.7 Å². The van der Waals surface area contributed by atoms with Crippen LogP contribution >= 0.6 is 22.6 Å². The summed E-state index contributed by atoms with van der Waals surface area (Å²) in [5.41, 5.74) is 18.5. The third-order valence-corrected chi connectivity index (χ3v) is 8.21. The molecule has 6 nitrogen and oxygen atoms in total. The van der Waals surface area contributed by atoms with Gasteiger partial charge in [0.2, 0.25) is 0 Å². The normalized spacial score (nSPS) is 34.8. The molecule has 1 fully saturated rings. The predicted molar refractivity (Wildman–Crippen MR) is 108 cm³/mol. The molecule has 7 heteroatoms. The van der Waals surface area contributed by atoms with Crippen LogP contribution in [0.2, 0.25) is 0 Å². The number of benzene rings is 1. The third-order valence-electron chi connectivity index (χ3n) is 6.77. The molecule has 4 atom stereocenters. The third kappa shape index (κ3) is 2.32. The van der Waals surface area contributed by atoms with Crippen molar-refractivity contribution in [3.8, 4) is 0 Å². The first-order valence-corrected chi connectivity index (χ1v) is 10.0. The highest BCUT2D eigenvalue weighted by Gasteiger charge is 2.59. The lowest BCUT2D eigenvalue weighted by Crippen LogP contribution is -2.61. The summed E-state index contributed by atoms with van der Waals surface area (Å²) in [6.45, 7) is 0. The Hall–Kier alpha value is -1.61. The SMILES string of the molecule is N=C[C@]12CCC3c4ccc(C(=O)NN=N)cc4CC[C@@]3(N)C1CC=C2I. The van der Waals surface area contributed by atoms with Crippen molar-refractivity contribution in [1.82, 2.24) is 5.43 Å². The average molecular weight is 463 g/mol. The maximum atomic E-state index is 12.0. The molecule has 0 saturated heterocycles. The molecule has 0 aliphatic heterocycles. The first kappa shape index (κ1) is 17.8. The van der Waals surface area contributed by atoms with E-state index in [-0.39, 0.29) is 28.7 Å². The van der Waals surface area contributed by atoms with Crippen molar-refractivity contribution >= 4 is 34.7 Å². The lowest BCUT2D eigenvalue weighted by atomic mass is 9.51. The number of allylic oxidation sites excluding steroid dienone is 2. The van der Waals surface area contributed by atoms with E-state index in [2.05, 4.69) is 39.3 Å². The van der Waals surface area contributed by atoms with E-state index < -0.39 is 0 Å². The maximum absolute atomic E-state index is 12.0. The topological polar surface area (TPSA) is 115 Å². The molecule has 1 aromatic rings. The summed E-state index contributed by atoms with van der Waals surface area (Å²) < 4.78 is 1.27. The van der Waals surface area contributed by atoms with Crippen molar-refractivity contribution in [1.29, 1.82) is 10.9 Å². The number of rotatable bonds is 3. The number of carbonyl (C=O) groups excluding carboxylic acids is 1. The van der Waals surface area contributed by atoms with Gasteiger partial charge in [0.05, 0.1) is 0 Å². The summed E-state index contributed by atoms with van der Waals surface area (Å²) in [7, 11) is 0. The number of hydrogen-bond donors (Lipinski definition) is 4. The zero-order chi connectivity index (χ0) is 18.5. The van der Waals surface area contributed by atoms with Crippen LogP contribution in [0, 0.1) is 22.3 Å². The molecule has 0 aromatic heterocycles. The molecular weight excluding hydrogens is 441 g/mol. The number of amides is 1. The van der Waals surface area contributed by atoms with Gasteiger partial charge in [-0.25, -0.2) is 5.43 Å². The Bertz CT molecular complexity index is 837. The van der Waals surface area contributed by atoms with Crippen LogP contribution in [0.25, 0.3) is 0 Å². The molecule has 0 bridgehead atoms. The van der Waals surface area contributed by atoms with Crippen LogP contribution in [-0.2, 0) is 6.42 Å². The van der Waals surface area contributed by atoms with Crippen molar-refractivity contribution in [2.45, 2.75) is 43.6 Å². The Labute approximate surface area is 166 Å². The van der Waals surface area contributed by atoms with Gasteiger partial charge in [-0.1, -0.05) is 17.4 Å². The van der Waals surface area contributed by atoms with Crippen LogP contribution in [0.1, 0.15) is 53.1 Å².